The molecule has 1 aromatic carbocycles. The van der Waals surface area contributed by atoms with Crippen molar-refractivity contribution in [2.24, 2.45) is 0 Å². The highest BCUT2D eigenvalue weighted by molar-refractivity contribution is 7.92. The first-order chi connectivity index (χ1) is 18.3. The first-order valence-electron chi connectivity index (χ1n) is 11.7. The van der Waals surface area contributed by atoms with E-state index >= 15 is 0 Å². The van der Waals surface area contributed by atoms with Crippen molar-refractivity contribution in [1.29, 1.82) is 0 Å². The van der Waals surface area contributed by atoms with Crippen LogP contribution in [0.4, 0.5) is 36.4 Å². The maximum absolute atomic E-state index is 13.7. The Morgan fingerprint density at radius 2 is 1.92 bits per heavy atom. The molecule has 0 aliphatic carbocycles. The fraction of sp³-hybridized carbons (Fsp3) is 0.333. The Bertz CT molecular complexity index is 1450. The van der Waals surface area contributed by atoms with Crippen LogP contribution in [0, 0.1) is 0 Å². The monoisotopic (exact) mass is 565 g/mol. The van der Waals surface area contributed by atoms with Crippen molar-refractivity contribution in [3.63, 3.8) is 0 Å². The number of carbonyl (C=O) groups excluding carboxylic acids is 1. The highest BCUT2D eigenvalue weighted by Gasteiger charge is 2.35. The zero-order valence-corrected chi connectivity index (χ0v) is 21.8. The average molecular weight is 566 g/mol. The molecule has 2 aromatic heterocycles. The number of aromatic nitrogens is 3. The number of nitrogens with zero attached hydrogens (tertiary/aromatic N) is 5. The van der Waals surface area contributed by atoms with Gasteiger partial charge in [0.15, 0.2) is 0 Å². The van der Waals surface area contributed by atoms with Crippen LogP contribution in [0.5, 0.6) is 0 Å². The number of likely N-dealkylation sites (tertiary alicyclic amines) is 1. The number of pyridine rings is 1. The van der Waals surface area contributed by atoms with Gasteiger partial charge in [0.2, 0.25) is 16.0 Å². The molecular formula is C24H26F3N7O4S. The summed E-state index contributed by atoms with van der Waals surface area (Å²) in [6.07, 6.45) is -1.78. The Morgan fingerprint density at radius 3 is 2.54 bits per heavy atom. The molecule has 0 radical (unpaired) electrons. The van der Waals surface area contributed by atoms with Crippen LogP contribution < -0.4 is 14.9 Å². The number of amides is 1. The van der Waals surface area contributed by atoms with Gasteiger partial charge in [-0.05, 0) is 36.8 Å². The standard InChI is InChI=1S/C24H26F3N7O4S/c1-33(39(2,37)38)21-16(4-3-10-28-21)12-29-20-19(24(25,26)27)13-30-23(32-20)31-17-7-5-15(6-8-17)22(36)34-11-9-18(35)14-34/h3-8,10,13,18,35H,9,11-12,14H2,1-2H3,(H2,29,30,31,32)/t18-/m0/s1. The minimum Gasteiger partial charge on any atom is -0.391 e. The SMILES string of the molecule is CN(c1ncccc1CNc1nc(Nc2ccc(C(=O)N3CC[C@H](O)C3)cc2)ncc1C(F)(F)F)S(C)(=O)=O. The molecule has 1 fully saturated rings. The lowest BCUT2D eigenvalue weighted by Crippen LogP contribution is -2.29. The van der Waals surface area contributed by atoms with E-state index in [9.17, 15) is 31.5 Å². The molecule has 3 heterocycles. The van der Waals surface area contributed by atoms with E-state index in [0.29, 0.717) is 36.0 Å². The number of carbonyl (C=O) groups is 1. The normalized spacial score (nSPS) is 15.7. The van der Waals surface area contributed by atoms with Gasteiger partial charge in [-0.25, -0.2) is 18.4 Å². The molecule has 1 atom stereocenters. The third-order valence-electron chi connectivity index (χ3n) is 6.04. The molecule has 0 unspecified atom stereocenters. The van der Waals surface area contributed by atoms with Crippen molar-refractivity contribution in [2.75, 3.05) is 41.3 Å². The lowest BCUT2D eigenvalue weighted by atomic mass is 10.2. The fourth-order valence-electron chi connectivity index (χ4n) is 3.91. The number of hydrogen-bond donors (Lipinski definition) is 3. The quantitative estimate of drug-likeness (QED) is 0.376. The van der Waals surface area contributed by atoms with Crippen molar-refractivity contribution in [1.82, 2.24) is 19.9 Å². The van der Waals surface area contributed by atoms with Crippen molar-refractivity contribution in [3.8, 4) is 0 Å². The van der Waals surface area contributed by atoms with E-state index in [1.807, 2.05) is 0 Å². The molecule has 15 heteroatoms. The summed E-state index contributed by atoms with van der Waals surface area (Å²) in [4.78, 5) is 25.9. The van der Waals surface area contributed by atoms with E-state index in [4.69, 9.17) is 0 Å². The first-order valence-corrected chi connectivity index (χ1v) is 13.6. The summed E-state index contributed by atoms with van der Waals surface area (Å²) in [6.45, 7) is 0.518. The molecule has 39 heavy (non-hydrogen) atoms. The topological polar surface area (TPSA) is 141 Å². The Hall–Kier alpha value is -3.98. The number of β-amino-alcohol motifs (C(OH)–C–C–N with tert-alkyl or cyclic N) is 1. The lowest BCUT2D eigenvalue weighted by molar-refractivity contribution is -0.137. The van der Waals surface area contributed by atoms with Crippen molar-refractivity contribution < 1.29 is 31.5 Å². The Labute approximate surface area is 222 Å². The molecule has 1 aliphatic rings. The predicted molar refractivity (Wildman–Crippen MR) is 138 cm³/mol. The maximum atomic E-state index is 13.7. The summed E-state index contributed by atoms with van der Waals surface area (Å²) in [5.74, 6) is -0.818. The Kier molecular flexibility index (Phi) is 7.92. The van der Waals surface area contributed by atoms with Gasteiger partial charge >= 0.3 is 6.18 Å². The number of nitrogens with one attached hydrogen (secondary N) is 2. The zero-order valence-electron chi connectivity index (χ0n) is 21.0. The molecular weight excluding hydrogens is 539 g/mol. The highest BCUT2D eigenvalue weighted by Crippen LogP contribution is 2.34. The zero-order chi connectivity index (χ0) is 28.4. The number of hydrogen-bond acceptors (Lipinski definition) is 9. The van der Waals surface area contributed by atoms with Gasteiger partial charge in [-0.15, -0.1) is 0 Å². The van der Waals surface area contributed by atoms with Crippen molar-refractivity contribution >= 4 is 39.2 Å². The fourth-order valence-corrected chi connectivity index (χ4v) is 4.38. The summed E-state index contributed by atoms with van der Waals surface area (Å²) < 4.78 is 65.9. The number of alkyl halides is 3. The van der Waals surface area contributed by atoms with E-state index in [1.165, 1.54) is 25.4 Å². The van der Waals surface area contributed by atoms with Gasteiger partial charge in [-0.3, -0.25) is 9.10 Å². The molecule has 0 bridgehead atoms. The summed E-state index contributed by atoms with van der Waals surface area (Å²) in [7, 11) is -2.36. The van der Waals surface area contributed by atoms with E-state index < -0.39 is 33.7 Å². The van der Waals surface area contributed by atoms with Crippen molar-refractivity contribution in [3.05, 3.63) is 65.5 Å². The van der Waals surface area contributed by atoms with Crippen LogP contribution in [0.15, 0.2) is 48.8 Å². The molecule has 3 aromatic rings. The van der Waals surface area contributed by atoms with Crippen molar-refractivity contribution in [2.45, 2.75) is 25.2 Å². The summed E-state index contributed by atoms with van der Waals surface area (Å²) in [5, 5.41) is 15.1. The third kappa shape index (κ3) is 6.72. The van der Waals surface area contributed by atoms with Gasteiger partial charge in [0.25, 0.3) is 5.91 Å². The molecule has 0 saturated carbocycles. The largest absolute Gasteiger partial charge is 0.421 e. The summed E-state index contributed by atoms with van der Waals surface area (Å²) in [5.41, 5.74) is 0.0564. The molecule has 0 spiro atoms. The van der Waals surface area contributed by atoms with Crippen LogP contribution in [0.25, 0.3) is 0 Å². The Morgan fingerprint density at radius 1 is 1.21 bits per heavy atom. The minimum absolute atomic E-state index is 0.0616. The van der Waals surface area contributed by atoms with Gasteiger partial charge in [-0.2, -0.15) is 18.2 Å². The second kappa shape index (κ2) is 11.0. The van der Waals surface area contributed by atoms with Gasteiger partial charge in [0.05, 0.1) is 12.4 Å². The number of aliphatic hydroxyl groups excluding tert-OH is 1. The van der Waals surface area contributed by atoms with Gasteiger partial charge in [0.1, 0.15) is 17.2 Å². The molecule has 4 rings (SSSR count). The van der Waals surface area contributed by atoms with Crippen LogP contribution >= 0.6 is 0 Å². The summed E-state index contributed by atoms with van der Waals surface area (Å²) >= 11 is 0. The smallest absolute Gasteiger partial charge is 0.391 e. The molecule has 208 valence electrons. The number of benzene rings is 1. The summed E-state index contributed by atoms with van der Waals surface area (Å²) in [6, 6.07) is 9.32. The molecule has 1 amide bonds. The number of aliphatic hydroxyl groups is 1. The molecule has 3 N–H and O–H groups in total. The second-order valence-electron chi connectivity index (χ2n) is 8.92. The molecule has 1 aliphatic heterocycles. The van der Waals surface area contributed by atoms with Crippen LogP contribution in [0.2, 0.25) is 0 Å². The van der Waals surface area contributed by atoms with E-state index in [1.54, 1.807) is 29.2 Å². The molecule has 1 saturated heterocycles. The number of halogens is 3. The van der Waals surface area contributed by atoms with Crippen LogP contribution in [-0.2, 0) is 22.7 Å². The highest BCUT2D eigenvalue weighted by atomic mass is 32.2. The maximum Gasteiger partial charge on any atom is 0.421 e. The third-order valence-corrected chi connectivity index (χ3v) is 7.21. The lowest BCUT2D eigenvalue weighted by Gasteiger charge is -2.20. The van der Waals surface area contributed by atoms with Crippen LogP contribution in [0.1, 0.15) is 27.9 Å². The predicted octanol–water partition coefficient (Wildman–Crippen LogP) is 2.85. The van der Waals surface area contributed by atoms with Gasteiger partial charge in [0, 0.05) is 55.9 Å². The Balaban J connectivity index is 1.53. The number of rotatable bonds is 8. The van der Waals surface area contributed by atoms with Crippen LogP contribution in [-0.4, -0.2) is 71.8 Å². The number of sulfonamides is 1. The first kappa shape index (κ1) is 28.0. The van der Waals surface area contributed by atoms with Crippen LogP contribution in [0.3, 0.4) is 0 Å². The van der Waals surface area contributed by atoms with Gasteiger partial charge in [-0.1, -0.05) is 6.07 Å². The van der Waals surface area contributed by atoms with E-state index in [0.717, 1.165) is 10.6 Å². The van der Waals surface area contributed by atoms with E-state index in [2.05, 4.69) is 25.6 Å². The minimum atomic E-state index is -4.76. The molecule has 11 nitrogen and oxygen atoms in total. The number of anilines is 4. The average Bonchev–Trinajstić information content (AvgIpc) is 3.32. The van der Waals surface area contributed by atoms with E-state index in [-0.39, 0.29) is 30.8 Å². The second-order valence-corrected chi connectivity index (χ2v) is 10.9. The van der Waals surface area contributed by atoms with Gasteiger partial charge < -0.3 is 20.6 Å².